The fraction of sp³-hybridized carbons (Fsp3) is 0.471. The summed E-state index contributed by atoms with van der Waals surface area (Å²) in [6.45, 7) is 3.64. The zero-order valence-corrected chi connectivity index (χ0v) is 13.9. The molecule has 0 aromatic carbocycles. The number of aryl methyl sites for hydroxylation is 1. The first kappa shape index (κ1) is 15.0. The number of rotatable bonds is 2. The van der Waals surface area contributed by atoms with Crippen molar-refractivity contribution in [2.75, 3.05) is 26.7 Å². The number of imidazole rings is 1. The molecule has 7 nitrogen and oxygen atoms in total. The molecule has 2 aliphatic heterocycles. The van der Waals surface area contributed by atoms with E-state index in [1.165, 1.54) is 0 Å². The molecule has 2 fully saturated rings. The van der Waals surface area contributed by atoms with Crippen LogP contribution < -0.4 is 0 Å². The smallest absolute Gasteiger partial charge is 0.410 e. The highest BCUT2D eigenvalue weighted by molar-refractivity contribution is 5.79. The van der Waals surface area contributed by atoms with Crippen molar-refractivity contribution < 1.29 is 14.3 Å². The zero-order chi connectivity index (χ0) is 16.9. The lowest BCUT2D eigenvalue weighted by Gasteiger charge is -2.21. The molecule has 4 heterocycles. The SMILES string of the molecule is Cc1cccn2c(CC(=O)N3CCC4(CN(C)C(=O)O4)C3)cnc12. The topological polar surface area (TPSA) is 67.2 Å². The minimum absolute atomic E-state index is 0.0424. The van der Waals surface area contributed by atoms with Crippen molar-refractivity contribution in [2.45, 2.75) is 25.4 Å². The Morgan fingerprint density at radius 3 is 3.00 bits per heavy atom. The Morgan fingerprint density at radius 1 is 1.42 bits per heavy atom. The van der Waals surface area contributed by atoms with Crippen molar-refractivity contribution in [3.05, 3.63) is 35.8 Å². The number of likely N-dealkylation sites (tertiary alicyclic amines) is 1. The fourth-order valence-corrected chi connectivity index (χ4v) is 3.66. The molecular weight excluding hydrogens is 308 g/mol. The van der Waals surface area contributed by atoms with Crippen LogP contribution in [0.2, 0.25) is 0 Å². The maximum atomic E-state index is 12.7. The molecule has 4 rings (SSSR count). The van der Waals surface area contributed by atoms with Gasteiger partial charge in [0.05, 0.1) is 25.2 Å². The van der Waals surface area contributed by atoms with E-state index in [4.69, 9.17) is 4.74 Å². The number of hydrogen-bond acceptors (Lipinski definition) is 4. The van der Waals surface area contributed by atoms with E-state index in [0.717, 1.165) is 16.9 Å². The summed E-state index contributed by atoms with van der Waals surface area (Å²) >= 11 is 0. The summed E-state index contributed by atoms with van der Waals surface area (Å²) in [6, 6.07) is 3.96. The van der Waals surface area contributed by atoms with Gasteiger partial charge in [-0.1, -0.05) is 6.07 Å². The van der Waals surface area contributed by atoms with Gasteiger partial charge in [0.1, 0.15) is 5.65 Å². The summed E-state index contributed by atoms with van der Waals surface area (Å²) < 4.78 is 7.46. The molecular formula is C17H20N4O3. The van der Waals surface area contributed by atoms with Gasteiger partial charge in [-0.3, -0.25) is 4.79 Å². The predicted molar refractivity (Wildman–Crippen MR) is 86.7 cm³/mol. The van der Waals surface area contributed by atoms with Crippen LogP contribution in [0.5, 0.6) is 0 Å². The van der Waals surface area contributed by atoms with Crippen LogP contribution >= 0.6 is 0 Å². The lowest BCUT2D eigenvalue weighted by Crippen LogP contribution is -2.39. The molecule has 0 saturated carbocycles. The number of pyridine rings is 1. The number of likely N-dealkylation sites (N-methyl/N-ethyl adjacent to an activating group) is 1. The molecule has 0 aliphatic carbocycles. The highest BCUT2D eigenvalue weighted by atomic mass is 16.6. The zero-order valence-electron chi connectivity index (χ0n) is 13.9. The van der Waals surface area contributed by atoms with Crippen molar-refractivity contribution in [2.24, 2.45) is 0 Å². The molecule has 24 heavy (non-hydrogen) atoms. The van der Waals surface area contributed by atoms with Crippen molar-refractivity contribution in [1.29, 1.82) is 0 Å². The molecule has 1 unspecified atom stereocenters. The Labute approximate surface area is 139 Å². The van der Waals surface area contributed by atoms with Crippen molar-refractivity contribution in [1.82, 2.24) is 19.2 Å². The van der Waals surface area contributed by atoms with Crippen molar-refractivity contribution in [3.63, 3.8) is 0 Å². The largest absolute Gasteiger partial charge is 0.439 e. The van der Waals surface area contributed by atoms with E-state index in [-0.39, 0.29) is 12.0 Å². The number of ether oxygens (including phenoxy) is 1. The standard InChI is InChI=1S/C17H20N4O3/c1-12-4-3-6-21-13(9-18-15(12)21)8-14(22)20-7-5-17(11-20)10-19(2)16(23)24-17/h3-4,6,9H,5,7-8,10-11H2,1-2H3. The van der Waals surface area contributed by atoms with Crippen LogP contribution in [-0.4, -0.2) is 63.5 Å². The molecule has 0 radical (unpaired) electrons. The van der Waals surface area contributed by atoms with Gasteiger partial charge in [-0.2, -0.15) is 0 Å². The molecule has 0 bridgehead atoms. The van der Waals surface area contributed by atoms with E-state index in [1.807, 2.05) is 29.7 Å². The van der Waals surface area contributed by atoms with Gasteiger partial charge in [0.2, 0.25) is 5.91 Å². The number of carbonyl (C=O) groups is 2. The molecule has 1 spiro atoms. The van der Waals surface area contributed by atoms with Crippen LogP contribution in [0.15, 0.2) is 24.5 Å². The van der Waals surface area contributed by atoms with E-state index in [2.05, 4.69) is 4.98 Å². The number of hydrogen-bond donors (Lipinski definition) is 0. The fourth-order valence-electron chi connectivity index (χ4n) is 3.66. The number of amides is 2. The molecule has 2 amide bonds. The Hall–Kier alpha value is -2.57. The first-order chi connectivity index (χ1) is 11.5. The van der Waals surface area contributed by atoms with Crippen LogP contribution in [0.25, 0.3) is 5.65 Å². The Kier molecular flexibility index (Phi) is 3.26. The van der Waals surface area contributed by atoms with Crippen LogP contribution in [0, 0.1) is 6.92 Å². The van der Waals surface area contributed by atoms with Gasteiger partial charge in [0.15, 0.2) is 5.60 Å². The predicted octanol–water partition coefficient (Wildman–Crippen LogP) is 1.24. The minimum Gasteiger partial charge on any atom is -0.439 e. The van der Waals surface area contributed by atoms with Crippen molar-refractivity contribution in [3.8, 4) is 0 Å². The molecule has 1 atom stereocenters. The molecule has 2 saturated heterocycles. The highest BCUT2D eigenvalue weighted by Crippen LogP contribution is 2.32. The summed E-state index contributed by atoms with van der Waals surface area (Å²) in [5, 5.41) is 0. The van der Waals surface area contributed by atoms with E-state index >= 15 is 0 Å². The third-order valence-corrected chi connectivity index (χ3v) is 4.95. The van der Waals surface area contributed by atoms with Crippen LogP contribution in [-0.2, 0) is 16.0 Å². The Bertz CT molecular complexity index is 830. The second-order valence-corrected chi connectivity index (χ2v) is 6.78. The molecule has 2 aromatic rings. The van der Waals surface area contributed by atoms with Gasteiger partial charge >= 0.3 is 6.09 Å². The van der Waals surface area contributed by atoms with Crippen LogP contribution in [0.1, 0.15) is 17.7 Å². The van der Waals surface area contributed by atoms with Gasteiger partial charge in [0, 0.05) is 32.4 Å². The van der Waals surface area contributed by atoms with Gasteiger partial charge in [0.25, 0.3) is 0 Å². The summed E-state index contributed by atoms with van der Waals surface area (Å²) in [5.41, 5.74) is 2.30. The third-order valence-electron chi connectivity index (χ3n) is 4.95. The molecule has 126 valence electrons. The average molecular weight is 328 g/mol. The summed E-state index contributed by atoms with van der Waals surface area (Å²) in [6.07, 6.45) is 4.37. The van der Waals surface area contributed by atoms with E-state index in [9.17, 15) is 9.59 Å². The van der Waals surface area contributed by atoms with E-state index in [0.29, 0.717) is 32.5 Å². The number of aromatic nitrogens is 2. The lowest BCUT2D eigenvalue weighted by atomic mass is 10.0. The minimum atomic E-state index is -0.530. The van der Waals surface area contributed by atoms with Crippen molar-refractivity contribution >= 4 is 17.6 Å². The monoisotopic (exact) mass is 328 g/mol. The maximum Gasteiger partial charge on any atom is 0.410 e. The second kappa shape index (κ2) is 5.22. The van der Waals surface area contributed by atoms with Crippen LogP contribution in [0.3, 0.4) is 0 Å². The van der Waals surface area contributed by atoms with Gasteiger partial charge in [-0.05, 0) is 18.6 Å². The number of nitrogens with zero attached hydrogens (tertiary/aromatic N) is 4. The summed E-state index contributed by atoms with van der Waals surface area (Å²) in [4.78, 5) is 32.1. The van der Waals surface area contributed by atoms with E-state index in [1.54, 1.807) is 23.0 Å². The first-order valence-corrected chi connectivity index (χ1v) is 8.11. The number of fused-ring (bicyclic) bond motifs is 1. The second-order valence-electron chi connectivity index (χ2n) is 6.78. The lowest BCUT2D eigenvalue weighted by molar-refractivity contribution is -0.130. The maximum absolute atomic E-state index is 12.7. The third kappa shape index (κ3) is 2.31. The average Bonchev–Trinajstić information content (AvgIpc) is 3.20. The first-order valence-electron chi connectivity index (χ1n) is 8.11. The quantitative estimate of drug-likeness (QED) is 0.832. The number of carbonyl (C=O) groups excluding carboxylic acids is 2. The summed E-state index contributed by atoms with van der Waals surface area (Å²) in [5.74, 6) is 0.0424. The Balaban J connectivity index is 1.49. The Morgan fingerprint density at radius 2 is 2.25 bits per heavy atom. The summed E-state index contributed by atoms with van der Waals surface area (Å²) in [7, 11) is 1.72. The molecule has 2 aromatic heterocycles. The van der Waals surface area contributed by atoms with Gasteiger partial charge in [-0.25, -0.2) is 9.78 Å². The van der Waals surface area contributed by atoms with Gasteiger partial charge < -0.3 is 18.9 Å². The normalized spacial score (nSPS) is 23.5. The van der Waals surface area contributed by atoms with Gasteiger partial charge in [-0.15, -0.1) is 0 Å². The molecule has 7 heteroatoms. The molecule has 0 N–H and O–H groups in total. The van der Waals surface area contributed by atoms with E-state index < -0.39 is 5.60 Å². The highest BCUT2D eigenvalue weighted by Gasteiger charge is 2.49. The van der Waals surface area contributed by atoms with Crippen LogP contribution in [0.4, 0.5) is 4.79 Å². The molecule has 2 aliphatic rings.